The van der Waals surface area contributed by atoms with Crippen LogP contribution in [0.2, 0.25) is 0 Å². The van der Waals surface area contributed by atoms with Crippen molar-refractivity contribution in [1.29, 1.82) is 0 Å². The van der Waals surface area contributed by atoms with Gasteiger partial charge in [0.2, 0.25) is 0 Å². The Morgan fingerprint density at radius 1 is 1.24 bits per heavy atom. The van der Waals surface area contributed by atoms with Crippen LogP contribution >= 0.6 is 0 Å². The van der Waals surface area contributed by atoms with E-state index in [0.717, 1.165) is 18.6 Å². The molecule has 1 spiro atoms. The maximum atomic E-state index is 5.95. The molecule has 1 aliphatic heterocycles. The zero-order valence-corrected chi connectivity index (χ0v) is 12.0. The van der Waals surface area contributed by atoms with Gasteiger partial charge in [-0.15, -0.1) is 0 Å². The summed E-state index contributed by atoms with van der Waals surface area (Å²) in [5.41, 5.74) is 0.637. The Morgan fingerprint density at radius 2 is 1.88 bits per heavy atom. The lowest BCUT2D eigenvalue weighted by Gasteiger charge is -2.37. The molecule has 100 valence electrons. The monoisotopic (exact) mass is 239 g/mol. The maximum Gasteiger partial charge on any atom is 0.0632 e. The van der Waals surface area contributed by atoms with Gasteiger partial charge in [0, 0.05) is 6.04 Å². The van der Waals surface area contributed by atoms with E-state index in [1.165, 1.54) is 38.6 Å². The minimum atomic E-state index is 0.123. The maximum absolute atomic E-state index is 5.95. The molecule has 17 heavy (non-hydrogen) atoms. The lowest BCUT2D eigenvalue weighted by Crippen LogP contribution is -2.39. The zero-order valence-electron chi connectivity index (χ0n) is 12.0. The van der Waals surface area contributed by atoms with Crippen molar-refractivity contribution in [2.45, 2.75) is 71.4 Å². The molecule has 2 aliphatic rings. The van der Waals surface area contributed by atoms with E-state index in [-0.39, 0.29) is 5.60 Å². The largest absolute Gasteiger partial charge is 0.375 e. The lowest BCUT2D eigenvalue weighted by atomic mass is 9.69. The highest BCUT2D eigenvalue weighted by Crippen LogP contribution is 2.48. The van der Waals surface area contributed by atoms with E-state index in [1.54, 1.807) is 0 Å². The van der Waals surface area contributed by atoms with E-state index in [0.29, 0.717) is 5.41 Å². The van der Waals surface area contributed by atoms with Gasteiger partial charge in [-0.2, -0.15) is 0 Å². The zero-order chi connectivity index (χ0) is 12.5. The van der Waals surface area contributed by atoms with Crippen LogP contribution in [0.25, 0.3) is 0 Å². The van der Waals surface area contributed by atoms with Crippen LogP contribution in [-0.4, -0.2) is 24.8 Å². The molecule has 1 N–H and O–H groups in total. The quantitative estimate of drug-likeness (QED) is 0.815. The molecular weight excluding hydrogens is 210 g/mol. The summed E-state index contributed by atoms with van der Waals surface area (Å²) < 4.78 is 5.95. The molecule has 0 aromatic carbocycles. The third-order valence-corrected chi connectivity index (χ3v) is 4.43. The highest BCUT2D eigenvalue weighted by atomic mass is 16.5. The van der Waals surface area contributed by atoms with Gasteiger partial charge in [0.05, 0.1) is 12.2 Å². The summed E-state index contributed by atoms with van der Waals surface area (Å²) in [7, 11) is 0. The predicted molar refractivity (Wildman–Crippen MR) is 72.2 cm³/mol. The Kier molecular flexibility index (Phi) is 3.84. The summed E-state index contributed by atoms with van der Waals surface area (Å²) in [5.74, 6) is 0.764. The first-order valence-corrected chi connectivity index (χ1v) is 7.28. The molecule has 0 radical (unpaired) electrons. The molecule has 1 saturated carbocycles. The highest BCUT2D eigenvalue weighted by Gasteiger charge is 2.45. The average molecular weight is 239 g/mol. The molecule has 1 saturated heterocycles. The third-order valence-electron chi connectivity index (χ3n) is 4.43. The van der Waals surface area contributed by atoms with Crippen LogP contribution in [0, 0.1) is 11.3 Å². The normalized spacial score (nSPS) is 36.9. The molecule has 1 aliphatic carbocycles. The first-order chi connectivity index (χ1) is 7.91. The van der Waals surface area contributed by atoms with E-state index < -0.39 is 0 Å². The molecule has 0 atom stereocenters. The topological polar surface area (TPSA) is 21.3 Å². The van der Waals surface area contributed by atoms with Crippen molar-refractivity contribution in [3.05, 3.63) is 0 Å². The van der Waals surface area contributed by atoms with E-state index in [9.17, 15) is 0 Å². The van der Waals surface area contributed by atoms with Crippen LogP contribution in [0.3, 0.4) is 0 Å². The number of rotatable bonds is 3. The molecule has 0 amide bonds. The fourth-order valence-electron chi connectivity index (χ4n) is 3.51. The average Bonchev–Trinajstić information content (AvgIpc) is 2.54. The van der Waals surface area contributed by atoms with E-state index in [1.807, 2.05) is 0 Å². The molecule has 0 aromatic heterocycles. The van der Waals surface area contributed by atoms with Crippen molar-refractivity contribution in [2.75, 3.05) is 13.2 Å². The summed E-state index contributed by atoms with van der Waals surface area (Å²) in [4.78, 5) is 0. The minimum absolute atomic E-state index is 0.123. The smallest absolute Gasteiger partial charge is 0.0632 e. The van der Waals surface area contributed by atoms with Crippen molar-refractivity contribution < 1.29 is 4.74 Å². The summed E-state index contributed by atoms with van der Waals surface area (Å²) in [6.07, 6.45) is 6.65. The molecular formula is C15H29NO. The van der Waals surface area contributed by atoms with Crippen LogP contribution in [-0.2, 0) is 4.74 Å². The summed E-state index contributed by atoms with van der Waals surface area (Å²) in [6, 6.07) is 0.756. The van der Waals surface area contributed by atoms with Gasteiger partial charge >= 0.3 is 0 Å². The molecule has 2 fully saturated rings. The van der Waals surface area contributed by atoms with Gasteiger partial charge in [0.15, 0.2) is 0 Å². The van der Waals surface area contributed by atoms with Gasteiger partial charge in [-0.25, -0.2) is 0 Å². The number of ether oxygens (including phenoxy) is 1. The van der Waals surface area contributed by atoms with E-state index >= 15 is 0 Å². The van der Waals surface area contributed by atoms with Crippen LogP contribution in [0.15, 0.2) is 0 Å². The summed E-state index contributed by atoms with van der Waals surface area (Å²) in [6.45, 7) is 11.2. The van der Waals surface area contributed by atoms with Crippen molar-refractivity contribution in [3.8, 4) is 0 Å². The van der Waals surface area contributed by atoms with Gasteiger partial charge in [-0.05, 0) is 63.8 Å². The number of hydrogen-bond acceptors (Lipinski definition) is 2. The van der Waals surface area contributed by atoms with E-state index in [2.05, 4.69) is 33.0 Å². The molecule has 1 heterocycles. The van der Waals surface area contributed by atoms with Crippen LogP contribution in [0.4, 0.5) is 0 Å². The first-order valence-electron chi connectivity index (χ1n) is 7.28. The van der Waals surface area contributed by atoms with E-state index in [4.69, 9.17) is 4.74 Å². The second kappa shape index (κ2) is 4.89. The predicted octanol–water partition coefficient (Wildman–Crippen LogP) is 3.36. The third kappa shape index (κ3) is 3.45. The van der Waals surface area contributed by atoms with Crippen molar-refractivity contribution in [3.63, 3.8) is 0 Å². The molecule has 2 rings (SSSR count). The molecule has 0 bridgehead atoms. The van der Waals surface area contributed by atoms with Gasteiger partial charge in [0.1, 0.15) is 0 Å². The number of nitrogens with one attached hydrogen (secondary N) is 1. The Labute approximate surface area is 107 Å². The van der Waals surface area contributed by atoms with Crippen LogP contribution in [0.5, 0.6) is 0 Å². The van der Waals surface area contributed by atoms with Crippen molar-refractivity contribution in [2.24, 2.45) is 11.3 Å². The fraction of sp³-hybridized carbons (Fsp3) is 1.00. The first kappa shape index (κ1) is 13.4. The summed E-state index contributed by atoms with van der Waals surface area (Å²) in [5, 5.41) is 3.71. The Hall–Kier alpha value is -0.0800. The molecule has 2 heteroatoms. The Morgan fingerprint density at radius 3 is 2.35 bits per heavy atom. The van der Waals surface area contributed by atoms with Crippen LogP contribution in [0.1, 0.15) is 59.8 Å². The fourth-order valence-corrected chi connectivity index (χ4v) is 3.51. The lowest BCUT2D eigenvalue weighted by molar-refractivity contribution is 0.0277. The highest BCUT2D eigenvalue weighted by molar-refractivity contribution is 4.96. The second-order valence-corrected chi connectivity index (χ2v) is 7.30. The van der Waals surface area contributed by atoms with Crippen LogP contribution < -0.4 is 5.32 Å². The van der Waals surface area contributed by atoms with Gasteiger partial charge in [-0.1, -0.05) is 13.8 Å². The molecule has 0 unspecified atom stereocenters. The van der Waals surface area contributed by atoms with Crippen molar-refractivity contribution >= 4 is 0 Å². The van der Waals surface area contributed by atoms with Crippen molar-refractivity contribution in [1.82, 2.24) is 5.32 Å². The number of hydrogen-bond donors (Lipinski definition) is 1. The SMILES string of the molecule is CC(C)CNC1CCC2(CC1)COC(C)(C)C2. The standard InChI is InChI=1S/C15H29NO/c1-12(2)9-16-13-5-7-15(8-6-13)10-14(3,4)17-11-15/h12-13,16H,5-11H2,1-4H3. The summed E-state index contributed by atoms with van der Waals surface area (Å²) >= 11 is 0. The minimum Gasteiger partial charge on any atom is -0.375 e. The molecule has 2 nitrogen and oxygen atoms in total. The van der Waals surface area contributed by atoms with Gasteiger partial charge in [0.25, 0.3) is 0 Å². The Balaban J connectivity index is 1.78. The molecule has 0 aromatic rings. The van der Waals surface area contributed by atoms with Gasteiger partial charge in [-0.3, -0.25) is 0 Å². The second-order valence-electron chi connectivity index (χ2n) is 7.30. The van der Waals surface area contributed by atoms with Gasteiger partial charge < -0.3 is 10.1 Å². The Bertz CT molecular complexity index is 252.